The third kappa shape index (κ3) is 3.12. The molecule has 134 valence electrons. The molecule has 0 bridgehead atoms. The van der Waals surface area contributed by atoms with Crippen LogP contribution in [0.3, 0.4) is 0 Å². The molecule has 4 rings (SSSR count). The molecular formula is C19H21N5O2. The van der Waals surface area contributed by atoms with E-state index in [0.29, 0.717) is 36.1 Å². The van der Waals surface area contributed by atoms with Crippen LogP contribution in [-0.2, 0) is 0 Å². The van der Waals surface area contributed by atoms with Crippen molar-refractivity contribution in [3.05, 3.63) is 47.5 Å². The summed E-state index contributed by atoms with van der Waals surface area (Å²) in [5, 5.41) is 2.92. The minimum atomic E-state index is -0.214. The first kappa shape index (κ1) is 16.5. The van der Waals surface area contributed by atoms with Crippen LogP contribution in [0, 0.1) is 6.92 Å². The molecule has 0 atom stereocenters. The van der Waals surface area contributed by atoms with E-state index < -0.39 is 0 Å². The first-order chi connectivity index (χ1) is 12.5. The van der Waals surface area contributed by atoms with Crippen molar-refractivity contribution in [1.82, 2.24) is 14.9 Å². The summed E-state index contributed by atoms with van der Waals surface area (Å²) in [7, 11) is 1.78. The molecule has 1 aliphatic carbocycles. The normalized spacial score (nSPS) is 16.9. The molecule has 2 aromatic rings. The van der Waals surface area contributed by atoms with Crippen molar-refractivity contribution >= 4 is 23.3 Å². The van der Waals surface area contributed by atoms with Gasteiger partial charge >= 0.3 is 6.03 Å². The molecular weight excluding hydrogens is 330 g/mol. The van der Waals surface area contributed by atoms with E-state index in [2.05, 4.69) is 15.3 Å². The van der Waals surface area contributed by atoms with Gasteiger partial charge in [-0.1, -0.05) is 6.07 Å². The monoisotopic (exact) mass is 351 g/mol. The minimum absolute atomic E-state index is 0.0311. The molecule has 26 heavy (non-hydrogen) atoms. The number of rotatable bonds is 4. The number of benzene rings is 1. The standard InChI is InChI=1S/C19H21N5O2/c1-12-20-11-16(17(21-12)13-6-7-13)18(25)22-14-4-3-5-15(10-14)24-9-8-23(2)19(24)26/h3-5,10-11,13H,6-9H2,1-2H3,(H,22,25). The molecule has 1 saturated carbocycles. The third-order valence-corrected chi connectivity index (χ3v) is 4.78. The van der Waals surface area contributed by atoms with Gasteiger partial charge in [-0.15, -0.1) is 0 Å². The molecule has 2 heterocycles. The van der Waals surface area contributed by atoms with Gasteiger partial charge in [0.1, 0.15) is 5.82 Å². The summed E-state index contributed by atoms with van der Waals surface area (Å²) in [4.78, 5) is 36.9. The van der Waals surface area contributed by atoms with Crippen molar-refractivity contribution in [2.24, 2.45) is 0 Å². The van der Waals surface area contributed by atoms with Crippen LogP contribution in [0.15, 0.2) is 30.5 Å². The molecule has 3 amide bonds. The molecule has 1 aromatic heterocycles. The van der Waals surface area contributed by atoms with Crippen LogP contribution < -0.4 is 10.2 Å². The van der Waals surface area contributed by atoms with Gasteiger partial charge in [0, 0.05) is 43.6 Å². The van der Waals surface area contributed by atoms with Crippen LogP contribution in [0.2, 0.25) is 0 Å². The molecule has 7 nitrogen and oxygen atoms in total. The second-order valence-corrected chi connectivity index (χ2v) is 6.85. The van der Waals surface area contributed by atoms with Gasteiger partial charge in [0.2, 0.25) is 0 Å². The predicted molar refractivity (Wildman–Crippen MR) is 98.5 cm³/mol. The smallest absolute Gasteiger partial charge is 0.324 e. The van der Waals surface area contributed by atoms with Crippen LogP contribution >= 0.6 is 0 Å². The van der Waals surface area contributed by atoms with E-state index in [9.17, 15) is 9.59 Å². The maximum Gasteiger partial charge on any atom is 0.324 e. The number of amides is 3. The molecule has 1 aliphatic heterocycles. The number of nitrogens with zero attached hydrogens (tertiary/aromatic N) is 4. The van der Waals surface area contributed by atoms with Gasteiger partial charge in [-0.25, -0.2) is 14.8 Å². The third-order valence-electron chi connectivity index (χ3n) is 4.78. The molecule has 7 heteroatoms. The predicted octanol–water partition coefficient (Wildman–Crippen LogP) is 2.79. The Bertz CT molecular complexity index is 878. The van der Waals surface area contributed by atoms with E-state index in [-0.39, 0.29) is 11.9 Å². The zero-order chi connectivity index (χ0) is 18.3. The van der Waals surface area contributed by atoms with E-state index in [4.69, 9.17) is 0 Å². The Morgan fingerprint density at radius 1 is 1.27 bits per heavy atom. The fourth-order valence-corrected chi connectivity index (χ4v) is 3.17. The maximum atomic E-state index is 12.7. The second kappa shape index (κ2) is 6.40. The van der Waals surface area contributed by atoms with Crippen molar-refractivity contribution < 1.29 is 9.59 Å². The van der Waals surface area contributed by atoms with Crippen molar-refractivity contribution in [2.75, 3.05) is 30.4 Å². The lowest BCUT2D eigenvalue weighted by molar-refractivity contribution is 0.102. The molecule has 0 unspecified atom stereocenters. The van der Waals surface area contributed by atoms with E-state index in [1.165, 1.54) is 0 Å². The van der Waals surface area contributed by atoms with Gasteiger partial charge in [0.05, 0.1) is 11.3 Å². The van der Waals surface area contributed by atoms with Crippen LogP contribution in [-0.4, -0.2) is 46.9 Å². The number of hydrogen-bond acceptors (Lipinski definition) is 4. The maximum absolute atomic E-state index is 12.7. The quantitative estimate of drug-likeness (QED) is 0.919. The molecule has 2 aliphatic rings. The van der Waals surface area contributed by atoms with E-state index in [1.807, 2.05) is 31.2 Å². The second-order valence-electron chi connectivity index (χ2n) is 6.85. The highest BCUT2D eigenvalue weighted by Crippen LogP contribution is 2.40. The summed E-state index contributed by atoms with van der Waals surface area (Å²) in [5.41, 5.74) is 2.79. The minimum Gasteiger partial charge on any atom is -0.326 e. The first-order valence-electron chi connectivity index (χ1n) is 8.80. The lowest BCUT2D eigenvalue weighted by Crippen LogP contribution is -2.29. The van der Waals surface area contributed by atoms with E-state index in [1.54, 1.807) is 23.0 Å². The summed E-state index contributed by atoms with van der Waals surface area (Å²) in [6.45, 7) is 3.17. The number of nitrogens with one attached hydrogen (secondary N) is 1. The van der Waals surface area contributed by atoms with Gasteiger partial charge in [0.15, 0.2) is 0 Å². The molecule has 0 radical (unpaired) electrons. The lowest BCUT2D eigenvalue weighted by atomic mass is 10.1. The van der Waals surface area contributed by atoms with Gasteiger partial charge < -0.3 is 10.2 Å². The number of aromatic nitrogens is 2. The summed E-state index contributed by atoms with van der Waals surface area (Å²) in [6, 6.07) is 7.32. The average Bonchev–Trinajstić information content (AvgIpc) is 3.41. The number of anilines is 2. The molecule has 2 fully saturated rings. The van der Waals surface area contributed by atoms with Crippen LogP contribution in [0.5, 0.6) is 0 Å². The lowest BCUT2D eigenvalue weighted by Gasteiger charge is -2.17. The Morgan fingerprint density at radius 2 is 2.08 bits per heavy atom. The Balaban J connectivity index is 1.56. The van der Waals surface area contributed by atoms with E-state index in [0.717, 1.165) is 24.2 Å². The molecule has 1 aromatic carbocycles. The number of aryl methyl sites for hydroxylation is 1. The SMILES string of the molecule is Cc1ncc(C(=O)Nc2cccc(N3CCN(C)C3=O)c2)c(C2CC2)n1. The van der Waals surface area contributed by atoms with Crippen molar-refractivity contribution in [3.63, 3.8) is 0 Å². The fraction of sp³-hybridized carbons (Fsp3) is 0.368. The summed E-state index contributed by atoms with van der Waals surface area (Å²) in [6.07, 6.45) is 3.74. The number of urea groups is 1. The highest BCUT2D eigenvalue weighted by Gasteiger charge is 2.30. The number of carbonyl (C=O) groups excluding carboxylic acids is 2. The Morgan fingerprint density at radius 3 is 2.77 bits per heavy atom. The van der Waals surface area contributed by atoms with Crippen molar-refractivity contribution in [2.45, 2.75) is 25.7 Å². The van der Waals surface area contributed by atoms with Crippen LogP contribution in [0.1, 0.15) is 40.6 Å². The zero-order valence-corrected chi connectivity index (χ0v) is 14.9. The summed E-state index contributed by atoms with van der Waals surface area (Å²) in [5.74, 6) is 0.831. The van der Waals surface area contributed by atoms with Crippen molar-refractivity contribution in [3.8, 4) is 0 Å². The Labute approximate surface area is 152 Å². The first-order valence-corrected chi connectivity index (χ1v) is 8.80. The van der Waals surface area contributed by atoms with Crippen molar-refractivity contribution in [1.29, 1.82) is 0 Å². The molecule has 0 spiro atoms. The fourth-order valence-electron chi connectivity index (χ4n) is 3.17. The number of likely N-dealkylation sites (N-methyl/N-ethyl adjacent to an activating group) is 1. The topological polar surface area (TPSA) is 78.4 Å². The number of hydrogen-bond donors (Lipinski definition) is 1. The van der Waals surface area contributed by atoms with Crippen LogP contribution in [0.25, 0.3) is 0 Å². The van der Waals surface area contributed by atoms with Gasteiger partial charge in [0.25, 0.3) is 5.91 Å². The van der Waals surface area contributed by atoms with Gasteiger partial charge in [-0.05, 0) is 38.0 Å². The zero-order valence-electron chi connectivity index (χ0n) is 14.9. The number of carbonyl (C=O) groups is 2. The largest absolute Gasteiger partial charge is 0.326 e. The Kier molecular flexibility index (Phi) is 4.06. The van der Waals surface area contributed by atoms with Gasteiger partial charge in [-0.2, -0.15) is 0 Å². The molecule has 1 N–H and O–H groups in total. The highest BCUT2D eigenvalue weighted by atomic mass is 16.2. The van der Waals surface area contributed by atoms with Gasteiger partial charge in [-0.3, -0.25) is 9.69 Å². The average molecular weight is 351 g/mol. The van der Waals surface area contributed by atoms with Crippen LogP contribution in [0.4, 0.5) is 16.2 Å². The summed E-state index contributed by atoms with van der Waals surface area (Å²) < 4.78 is 0. The Hall–Kier alpha value is -2.96. The molecule has 1 saturated heterocycles. The summed E-state index contributed by atoms with van der Waals surface area (Å²) >= 11 is 0. The van der Waals surface area contributed by atoms with E-state index >= 15 is 0 Å². The highest BCUT2D eigenvalue weighted by molar-refractivity contribution is 6.05.